The second-order valence-corrected chi connectivity index (χ2v) is 3.70. The summed E-state index contributed by atoms with van der Waals surface area (Å²) in [5.41, 5.74) is 1.23. The molecule has 0 bridgehead atoms. The van der Waals surface area contributed by atoms with E-state index in [1.807, 2.05) is 19.6 Å². The van der Waals surface area contributed by atoms with E-state index in [4.69, 9.17) is 4.74 Å². The third kappa shape index (κ3) is 2.13. The molecule has 1 fully saturated rings. The van der Waals surface area contributed by atoms with Crippen molar-refractivity contribution in [2.45, 2.75) is 32.0 Å². The number of hydrogen-bond donors (Lipinski definition) is 1. The van der Waals surface area contributed by atoms with Gasteiger partial charge in [0.1, 0.15) is 0 Å². The zero-order chi connectivity index (χ0) is 9.80. The molecule has 1 unspecified atom stereocenters. The normalized spacial score (nSPS) is 21.6. The fourth-order valence-electron chi connectivity index (χ4n) is 1.85. The lowest BCUT2D eigenvalue weighted by molar-refractivity contribution is 0.0963. The lowest BCUT2D eigenvalue weighted by atomic mass is 10.2. The largest absolute Gasteiger partial charge is 0.376 e. The van der Waals surface area contributed by atoms with Gasteiger partial charge in [-0.15, -0.1) is 0 Å². The summed E-state index contributed by atoms with van der Waals surface area (Å²) in [6.07, 6.45) is 6.55. The zero-order valence-corrected chi connectivity index (χ0v) is 8.57. The van der Waals surface area contributed by atoms with Gasteiger partial charge < -0.3 is 14.6 Å². The highest BCUT2D eigenvalue weighted by Crippen LogP contribution is 2.14. The van der Waals surface area contributed by atoms with Crippen LogP contribution in [0.15, 0.2) is 12.5 Å². The van der Waals surface area contributed by atoms with Crippen molar-refractivity contribution in [3.8, 4) is 0 Å². The highest BCUT2D eigenvalue weighted by Gasteiger charge is 2.16. The minimum atomic E-state index is 0.389. The van der Waals surface area contributed by atoms with Gasteiger partial charge in [-0.1, -0.05) is 0 Å². The number of ether oxygens (including phenoxy) is 1. The maximum absolute atomic E-state index is 5.59. The van der Waals surface area contributed by atoms with Gasteiger partial charge in [0.2, 0.25) is 0 Å². The maximum atomic E-state index is 5.59. The van der Waals surface area contributed by atoms with E-state index in [9.17, 15) is 0 Å². The number of rotatable bonds is 4. The van der Waals surface area contributed by atoms with Crippen LogP contribution in [-0.4, -0.2) is 29.3 Å². The Morgan fingerprint density at radius 3 is 3.36 bits per heavy atom. The lowest BCUT2D eigenvalue weighted by Gasteiger charge is -2.12. The molecule has 0 radical (unpaired) electrons. The molecule has 1 aromatic rings. The van der Waals surface area contributed by atoms with Crippen LogP contribution in [0.3, 0.4) is 0 Å². The highest BCUT2D eigenvalue weighted by molar-refractivity contribution is 4.98. The Kier molecular flexibility index (Phi) is 3.16. The molecule has 1 aliphatic heterocycles. The Bertz CT molecular complexity index is 279. The predicted molar refractivity (Wildman–Crippen MR) is 54.0 cm³/mol. The van der Waals surface area contributed by atoms with Gasteiger partial charge in [0, 0.05) is 19.3 Å². The van der Waals surface area contributed by atoms with Gasteiger partial charge in [0.25, 0.3) is 0 Å². The fourth-order valence-corrected chi connectivity index (χ4v) is 1.85. The Hall–Kier alpha value is -0.870. The molecule has 1 N–H and O–H groups in total. The van der Waals surface area contributed by atoms with Crippen molar-refractivity contribution in [2.24, 2.45) is 0 Å². The monoisotopic (exact) mass is 195 g/mol. The molecule has 1 aliphatic rings. The number of aromatic nitrogens is 2. The minimum Gasteiger partial charge on any atom is -0.376 e. The molecule has 4 heteroatoms. The van der Waals surface area contributed by atoms with Gasteiger partial charge in [-0.25, -0.2) is 4.98 Å². The number of nitrogens with zero attached hydrogens (tertiary/aromatic N) is 2. The van der Waals surface area contributed by atoms with Crippen LogP contribution in [0.4, 0.5) is 0 Å². The first-order valence-corrected chi connectivity index (χ1v) is 5.15. The first-order valence-electron chi connectivity index (χ1n) is 5.15. The molecule has 0 amide bonds. The smallest absolute Gasteiger partial charge is 0.0949 e. The van der Waals surface area contributed by atoms with E-state index in [1.54, 1.807) is 0 Å². The summed E-state index contributed by atoms with van der Waals surface area (Å²) in [5, 5.41) is 3.13. The molecule has 1 atom stereocenters. The summed E-state index contributed by atoms with van der Waals surface area (Å²) >= 11 is 0. The summed E-state index contributed by atoms with van der Waals surface area (Å²) in [7, 11) is 1.95. The van der Waals surface area contributed by atoms with E-state index in [1.165, 1.54) is 18.5 Å². The second kappa shape index (κ2) is 4.57. The minimum absolute atomic E-state index is 0.389. The van der Waals surface area contributed by atoms with Crippen LogP contribution in [0, 0.1) is 0 Å². The summed E-state index contributed by atoms with van der Waals surface area (Å²) in [6.45, 7) is 2.73. The van der Waals surface area contributed by atoms with Crippen molar-refractivity contribution in [2.75, 3.05) is 13.7 Å². The van der Waals surface area contributed by atoms with Crippen LogP contribution in [0.1, 0.15) is 18.5 Å². The van der Waals surface area contributed by atoms with Gasteiger partial charge in [-0.2, -0.15) is 0 Å². The average molecular weight is 195 g/mol. The number of imidazole rings is 1. The SMILES string of the molecule is CNCc1cncn1CC1CCCO1. The lowest BCUT2D eigenvalue weighted by Crippen LogP contribution is -2.18. The summed E-state index contributed by atoms with van der Waals surface area (Å²) in [6, 6.07) is 0. The predicted octanol–water partition coefficient (Wildman–Crippen LogP) is 0.781. The first kappa shape index (κ1) is 9.68. The van der Waals surface area contributed by atoms with E-state index < -0.39 is 0 Å². The molecule has 78 valence electrons. The molecule has 4 nitrogen and oxygen atoms in total. The third-order valence-corrected chi connectivity index (χ3v) is 2.58. The quantitative estimate of drug-likeness (QED) is 0.771. The molecule has 0 aromatic carbocycles. The standard InChI is InChI=1S/C10H17N3O/c1-11-5-9-6-12-8-13(9)7-10-3-2-4-14-10/h6,8,10-11H,2-5,7H2,1H3. The van der Waals surface area contributed by atoms with Crippen molar-refractivity contribution < 1.29 is 4.74 Å². The molecular weight excluding hydrogens is 178 g/mol. The van der Waals surface area contributed by atoms with Crippen molar-refractivity contribution in [3.05, 3.63) is 18.2 Å². The highest BCUT2D eigenvalue weighted by atomic mass is 16.5. The first-order chi connectivity index (χ1) is 6.90. The van der Waals surface area contributed by atoms with Gasteiger partial charge in [-0.3, -0.25) is 0 Å². The van der Waals surface area contributed by atoms with E-state index in [0.29, 0.717) is 6.10 Å². The number of hydrogen-bond acceptors (Lipinski definition) is 3. The van der Waals surface area contributed by atoms with E-state index >= 15 is 0 Å². The van der Waals surface area contributed by atoms with Crippen LogP contribution in [0.2, 0.25) is 0 Å². The summed E-state index contributed by atoms with van der Waals surface area (Å²) < 4.78 is 7.76. The van der Waals surface area contributed by atoms with Crippen molar-refractivity contribution >= 4 is 0 Å². The molecule has 0 spiro atoms. The van der Waals surface area contributed by atoms with Crippen molar-refractivity contribution in [1.29, 1.82) is 0 Å². The molecule has 1 aromatic heterocycles. The summed E-state index contributed by atoms with van der Waals surface area (Å²) in [5.74, 6) is 0. The fraction of sp³-hybridized carbons (Fsp3) is 0.700. The molecule has 2 rings (SSSR count). The Morgan fingerprint density at radius 1 is 1.71 bits per heavy atom. The number of nitrogens with one attached hydrogen (secondary N) is 1. The maximum Gasteiger partial charge on any atom is 0.0949 e. The average Bonchev–Trinajstić information content (AvgIpc) is 2.80. The topological polar surface area (TPSA) is 39.1 Å². The molecule has 2 heterocycles. The zero-order valence-electron chi connectivity index (χ0n) is 8.57. The van der Waals surface area contributed by atoms with Crippen LogP contribution < -0.4 is 5.32 Å². The Labute approximate surface area is 84.3 Å². The van der Waals surface area contributed by atoms with Crippen LogP contribution in [-0.2, 0) is 17.8 Å². The molecule has 0 saturated carbocycles. The van der Waals surface area contributed by atoms with Gasteiger partial charge in [0.15, 0.2) is 0 Å². The van der Waals surface area contributed by atoms with E-state index in [2.05, 4.69) is 14.9 Å². The third-order valence-electron chi connectivity index (χ3n) is 2.58. The van der Waals surface area contributed by atoms with E-state index in [-0.39, 0.29) is 0 Å². The molecule has 14 heavy (non-hydrogen) atoms. The van der Waals surface area contributed by atoms with Crippen molar-refractivity contribution in [3.63, 3.8) is 0 Å². The molecular formula is C10H17N3O. The second-order valence-electron chi connectivity index (χ2n) is 3.70. The van der Waals surface area contributed by atoms with Gasteiger partial charge in [-0.05, 0) is 19.9 Å². The molecule has 1 saturated heterocycles. The van der Waals surface area contributed by atoms with Crippen molar-refractivity contribution in [1.82, 2.24) is 14.9 Å². The van der Waals surface area contributed by atoms with Gasteiger partial charge in [0.05, 0.1) is 24.7 Å². The van der Waals surface area contributed by atoms with Crippen LogP contribution >= 0.6 is 0 Å². The Balaban J connectivity index is 1.96. The van der Waals surface area contributed by atoms with Gasteiger partial charge >= 0.3 is 0 Å². The van der Waals surface area contributed by atoms with Crippen LogP contribution in [0.25, 0.3) is 0 Å². The summed E-state index contributed by atoms with van der Waals surface area (Å²) in [4.78, 5) is 4.15. The Morgan fingerprint density at radius 2 is 2.64 bits per heavy atom. The van der Waals surface area contributed by atoms with Crippen LogP contribution in [0.5, 0.6) is 0 Å². The van der Waals surface area contributed by atoms with E-state index in [0.717, 1.165) is 19.7 Å². The molecule has 0 aliphatic carbocycles.